The molecule has 2 rings (SSSR count). The molecule has 2 N–H and O–H groups in total. The smallest absolute Gasteiger partial charge is 0.272 e. The van der Waals surface area contributed by atoms with Crippen molar-refractivity contribution in [3.8, 4) is 0 Å². The van der Waals surface area contributed by atoms with Crippen LogP contribution in [0.15, 0.2) is 24.3 Å². The van der Waals surface area contributed by atoms with Crippen LogP contribution in [-0.4, -0.2) is 29.7 Å². The highest BCUT2D eigenvalue weighted by Gasteiger charge is 2.32. The van der Waals surface area contributed by atoms with Crippen LogP contribution in [0.4, 0.5) is 5.69 Å². The maximum absolute atomic E-state index is 10.9. The molecular formula is C15H22N2O3. The van der Waals surface area contributed by atoms with Gasteiger partial charge in [-0.3, -0.25) is 10.1 Å². The molecule has 20 heavy (non-hydrogen) atoms. The number of hydrogen-bond donors (Lipinski definition) is 2. The highest BCUT2D eigenvalue weighted by molar-refractivity contribution is 5.39. The number of hydrogen-bond acceptors (Lipinski definition) is 4. The molecule has 0 amide bonds. The molecule has 1 aliphatic rings. The van der Waals surface area contributed by atoms with Gasteiger partial charge in [0.1, 0.15) is 0 Å². The maximum Gasteiger partial charge on any atom is 0.272 e. The lowest BCUT2D eigenvalue weighted by Crippen LogP contribution is -2.36. The van der Waals surface area contributed by atoms with E-state index in [1.807, 2.05) is 6.07 Å². The number of aliphatic hydroxyl groups is 1. The zero-order chi connectivity index (χ0) is 14.4. The Bertz CT molecular complexity index is 456. The summed E-state index contributed by atoms with van der Waals surface area (Å²) in [5.41, 5.74) is 0.976. The van der Waals surface area contributed by atoms with Gasteiger partial charge >= 0.3 is 0 Å². The van der Waals surface area contributed by atoms with Gasteiger partial charge in [0, 0.05) is 30.2 Å². The number of benzene rings is 1. The Labute approximate surface area is 119 Å². The minimum atomic E-state index is -0.332. The zero-order valence-electron chi connectivity index (χ0n) is 11.7. The number of nitrogens with one attached hydrogen (secondary N) is 1. The molecule has 0 heterocycles. The van der Waals surface area contributed by atoms with Crippen LogP contribution < -0.4 is 5.32 Å². The van der Waals surface area contributed by atoms with E-state index in [1.54, 1.807) is 18.2 Å². The Balaban J connectivity index is 1.83. The van der Waals surface area contributed by atoms with E-state index >= 15 is 0 Å². The predicted octanol–water partition coefficient (Wildman–Crippen LogP) is 2.28. The Hall–Kier alpha value is -1.46. The zero-order valence-corrected chi connectivity index (χ0v) is 11.7. The standard InChI is InChI=1S/C15H22N2O3/c18-12-15(8-3-4-9-15)11-16-10-7-13-5-1-2-6-14(13)17(19)20/h1-2,5-6,16,18H,3-4,7-12H2. The van der Waals surface area contributed by atoms with E-state index < -0.39 is 0 Å². The minimum absolute atomic E-state index is 0.0304. The minimum Gasteiger partial charge on any atom is -0.396 e. The fourth-order valence-corrected chi connectivity index (χ4v) is 2.99. The third kappa shape index (κ3) is 3.55. The van der Waals surface area contributed by atoms with Crippen molar-refractivity contribution in [2.75, 3.05) is 19.7 Å². The highest BCUT2D eigenvalue weighted by atomic mass is 16.6. The van der Waals surface area contributed by atoms with E-state index in [1.165, 1.54) is 12.8 Å². The number of rotatable bonds is 7. The molecule has 0 unspecified atom stereocenters. The van der Waals surface area contributed by atoms with Crippen LogP contribution in [0.2, 0.25) is 0 Å². The molecule has 1 aromatic carbocycles. The third-order valence-electron chi connectivity index (χ3n) is 4.26. The molecular weight excluding hydrogens is 256 g/mol. The van der Waals surface area contributed by atoms with Crippen molar-refractivity contribution in [3.63, 3.8) is 0 Å². The molecule has 0 saturated heterocycles. The van der Waals surface area contributed by atoms with Crippen molar-refractivity contribution in [1.29, 1.82) is 0 Å². The lowest BCUT2D eigenvalue weighted by Gasteiger charge is -2.26. The molecule has 1 aromatic rings. The van der Waals surface area contributed by atoms with Gasteiger partial charge in [0.15, 0.2) is 0 Å². The van der Waals surface area contributed by atoms with Crippen LogP contribution in [0.1, 0.15) is 31.2 Å². The molecule has 0 aliphatic heterocycles. The molecule has 1 aliphatic carbocycles. The lowest BCUT2D eigenvalue weighted by atomic mass is 9.87. The van der Waals surface area contributed by atoms with E-state index in [2.05, 4.69) is 5.32 Å². The Morgan fingerprint density at radius 3 is 2.65 bits per heavy atom. The Morgan fingerprint density at radius 2 is 2.00 bits per heavy atom. The average molecular weight is 278 g/mol. The second kappa shape index (κ2) is 6.81. The molecule has 0 radical (unpaired) electrons. The molecule has 110 valence electrons. The van der Waals surface area contributed by atoms with Crippen molar-refractivity contribution < 1.29 is 10.0 Å². The fourth-order valence-electron chi connectivity index (χ4n) is 2.99. The molecule has 5 nitrogen and oxygen atoms in total. The monoisotopic (exact) mass is 278 g/mol. The van der Waals surface area contributed by atoms with Crippen molar-refractivity contribution in [2.45, 2.75) is 32.1 Å². The van der Waals surface area contributed by atoms with Crippen LogP contribution >= 0.6 is 0 Å². The summed E-state index contributed by atoms with van der Waals surface area (Å²) >= 11 is 0. The molecule has 0 bridgehead atoms. The van der Waals surface area contributed by atoms with Crippen molar-refractivity contribution in [3.05, 3.63) is 39.9 Å². The van der Waals surface area contributed by atoms with Gasteiger partial charge in [-0.2, -0.15) is 0 Å². The summed E-state index contributed by atoms with van der Waals surface area (Å²) in [5.74, 6) is 0. The second-order valence-electron chi connectivity index (χ2n) is 5.68. The molecule has 0 aromatic heterocycles. The number of nitrogens with zero attached hydrogens (tertiary/aromatic N) is 1. The summed E-state index contributed by atoms with van der Waals surface area (Å²) < 4.78 is 0. The topological polar surface area (TPSA) is 75.4 Å². The Kier molecular flexibility index (Phi) is 5.09. The highest BCUT2D eigenvalue weighted by Crippen LogP contribution is 2.36. The number of aliphatic hydroxyl groups excluding tert-OH is 1. The van der Waals surface area contributed by atoms with E-state index in [0.717, 1.165) is 24.9 Å². The summed E-state index contributed by atoms with van der Waals surface area (Å²) in [6.45, 7) is 1.72. The van der Waals surface area contributed by atoms with Crippen molar-refractivity contribution >= 4 is 5.69 Å². The fraction of sp³-hybridized carbons (Fsp3) is 0.600. The third-order valence-corrected chi connectivity index (χ3v) is 4.26. The largest absolute Gasteiger partial charge is 0.396 e. The van der Waals surface area contributed by atoms with Crippen LogP contribution in [-0.2, 0) is 6.42 Å². The van der Waals surface area contributed by atoms with E-state index in [0.29, 0.717) is 13.0 Å². The number of para-hydroxylation sites is 1. The van der Waals surface area contributed by atoms with Crippen LogP contribution in [0.3, 0.4) is 0 Å². The van der Waals surface area contributed by atoms with Gasteiger partial charge < -0.3 is 10.4 Å². The maximum atomic E-state index is 10.9. The van der Waals surface area contributed by atoms with Gasteiger partial charge in [-0.05, 0) is 25.8 Å². The average Bonchev–Trinajstić information content (AvgIpc) is 2.93. The van der Waals surface area contributed by atoms with Crippen LogP contribution in [0.25, 0.3) is 0 Å². The van der Waals surface area contributed by atoms with Gasteiger partial charge in [-0.25, -0.2) is 0 Å². The van der Waals surface area contributed by atoms with Gasteiger partial charge in [0.25, 0.3) is 5.69 Å². The molecule has 1 fully saturated rings. The summed E-state index contributed by atoms with van der Waals surface area (Å²) in [6.07, 6.45) is 5.15. The first-order chi connectivity index (χ1) is 9.67. The van der Waals surface area contributed by atoms with E-state index in [9.17, 15) is 15.2 Å². The summed E-state index contributed by atoms with van der Waals surface area (Å²) in [4.78, 5) is 10.6. The Morgan fingerprint density at radius 1 is 1.30 bits per heavy atom. The SMILES string of the molecule is O=[N+]([O-])c1ccccc1CCNCC1(CO)CCCC1. The summed E-state index contributed by atoms with van der Waals surface area (Å²) in [5, 5.41) is 23.8. The summed E-state index contributed by atoms with van der Waals surface area (Å²) in [6, 6.07) is 6.86. The first-order valence-corrected chi connectivity index (χ1v) is 7.21. The van der Waals surface area contributed by atoms with Crippen LogP contribution in [0.5, 0.6) is 0 Å². The first kappa shape index (κ1) is 14.9. The second-order valence-corrected chi connectivity index (χ2v) is 5.68. The van der Waals surface area contributed by atoms with E-state index in [-0.39, 0.29) is 22.6 Å². The summed E-state index contributed by atoms with van der Waals surface area (Å²) in [7, 11) is 0. The quantitative estimate of drug-likeness (QED) is 0.456. The molecule has 1 saturated carbocycles. The number of nitro groups is 1. The number of nitro benzene ring substituents is 1. The normalized spacial score (nSPS) is 17.2. The van der Waals surface area contributed by atoms with Gasteiger partial charge in [0.2, 0.25) is 0 Å². The molecule has 5 heteroatoms. The van der Waals surface area contributed by atoms with E-state index in [4.69, 9.17) is 0 Å². The van der Waals surface area contributed by atoms with Gasteiger partial charge in [-0.15, -0.1) is 0 Å². The molecule has 0 spiro atoms. The van der Waals surface area contributed by atoms with Crippen molar-refractivity contribution in [2.24, 2.45) is 5.41 Å². The van der Waals surface area contributed by atoms with Crippen LogP contribution in [0, 0.1) is 15.5 Å². The lowest BCUT2D eigenvalue weighted by molar-refractivity contribution is -0.385. The predicted molar refractivity (Wildman–Crippen MR) is 77.7 cm³/mol. The first-order valence-electron chi connectivity index (χ1n) is 7.21. The van der Waals surface area contributed by atoms with Gasteiger partial charge in [-0.1, -0.05) is 31.0 Å². The van der Waals surface area contributed by atoms with Gasteiger partial charge in [0.05, 0.1) is 4.92 Å². The molecule has 0 atom stereocenters. The van der Waals surface area contributed by atoms with Crippen molar-refractivity contribution in [1.82, 2.24) is 5.32 Å².